The molecule has 0 radical (unpaired) electrons. The lowest BCUT2D eigenvalue weighted by atomic mass is 10.1. The minimum Gasteiger partial charge on any atom is -0.481 e. The smallest absolute Gasteiger partial charge is 0.303 e. The highest BCUT2D eigenvalue weighted by molar-refractivity contribution is 7.89. The van der Waals surface area contributed by atoms with Crippen LogP contribution in [0.3, 0.4) is 0 Å². The Kier molecular flexibility index (Phi) is 5.58. The number of hydrogen-bond donors (Lipinski definition) is 1. The monoisotopic (exact) mass is 307 g/mol. The number of carboxylic acids is 1. The fraction of sp³-hybridized carbons (Fsp3) is 0.417. The Labute approximate surface area is 115 Å². The largest absolute Gasteiger partial charge is 0.481 e. The molecule has 0 atom stereocenters. The van der Waals surface area contributed by atoms with Gasteiger partial charge in [0.2, 0.25) is 10.0 Å². The molecule has 1 aromatic carbocycles. The third-order valence-electron chi connectivity index (χ3n) is 2.65. The Hall–Kier alpha value is -1.54. The van der Waals surface area contributed by atoms with Crippen molar-refractivity contribution in [1.82, 2.24) is 4.31 Å². The van der Waals surface area contributed by atoms with E-state index < -0.39 is 29.0 Å². The minimum atomic E-state index is -3.95. The van der Waals surface area contributed by atoms with E-state index in [-0.39, 0.29) is 17.7 Å². The minimum absolute atomic E-state index is 0.0582. The van der Waals surface area contributed by atoms with E-state index >= 15 is 0 Å². The van der Waals surface area contributed by atoms with Crippen LogP contribution >= 0.6 is 0 Å². The molecule has 0 aliphatic carbocycles. The van der Waals surface area contributed by atoms with Crippen LogP contribution in [-0.2, 0) is 21.2 Å². The lowest BCUT2D eigenvalue weighted by molar-refractivity contribution is -0.136. The predicted molar refractivity (Wildman–Crippen MR) is 68.2 cm³/mol. The number of hydrogen-bond acceptors (Lipinski definition) is 3. The fourth-order valence-corrected chi connectivity index (χ4v) is 2.70. The van der Waals surface area contributed by atoms with Gasteiger partial charge in [-0.1, -0.05) is 12.1 Å². The number of benzene rings is 1. The van der Waals surface area contributed by atoms with Crippen LogP contribution in [-0.4, -0.2) is 43.8 Å². The number of nitrogens with zero attached hydrogens (tertiary/aromatic N) is 1. The molecule has 0 heterocycles. The number of alkyl halides is 2. The summed E-state index contributed by atoms with van der Waals surface area (Å²) in [6, 6.07) is 5.53. The Balaban J connectivity index is 2.84. The second-order valence-electron chi connectivity index (χ2n) is 4.21. The molecule has 0 saturated heterocycles. The normalized spacial score (nSPS) is 12.1. The SMILES string of the molecule is CN(CC(F)F)S(=O)(=O)c1ccc(CCC(=O)O)cc1. The maximum absolute atomic E-state index is 12.2. The van der Waals surface area contributed by atoms with Crippen LogP contribution in [0.25, 0.3) is 0 Å². The molecular formula is C12H15F2NO4S. The van der Waals surface area contributed by atoms with Gasteiger partial charge in [0.05, 0.1) is 11.4 Å². The number of halogens is 2. The zero-order valence-electron chi connectivity index (χ0n) is 10.8. The van der Waals surface area contributed by atoms with Crippen molar-refractivity contribution >= 4 is 16.0 Å². The first-order valence-corrected chi connectivity index (χ1v) is 7.22. The van der Waals surface area contributed by atoms with E-state index in [1.165, 1.54) is 24.3 Å². The highest BCUT2D eigenvalue weighted by Crippen LogP contribution is 2.16. The molecule has 0 bridgehead atoms. The van der Waals surface area contributed by atoms with Crippen molar-refractivity contribution in [1.29, 1.82) is 0 Å². The van der Waals surface area contributed by atoms with Gasteiger partial charge < -0.3 is 5.11 Å². The van der Waals surface area contributed by atoms with Crippen molar-refractivity contribution in [3.8, 4) is 0 Å². The van der Waals surface area contributed by atoms with Crippen LogP contribution < -0.4 is 0 Å². The van der Waals surface area contributed by atoms with Gasteiger partial charge in [0.15, 0.2) is 0 Å². The first-order chi connectivity index (χ1) is 9.23. The zero-order valence-corrected chi connectivity index (χ0v) is 11.6. The summed E-state index contributed by atoms with van der Waals surface area (Å²) in [6.45, 7) is -0.872. The summed E-state index contributed by atoms with van der Waals surface area (Å²) in [6.07, 6.45) is -2.52. The Morgan fingerprint density at radius 3 is 2.30 bits per heavy atom. The summed E-state index contributed by atoms with van der Waals surface area (Å²) >= 11 is 0. The molecule has 0 spiro atoms. The molecule has 8 heteroatoms. The van der Waals surface area contributed by atoms with Gasteiger partial charge in [-0.25, -0.2) is 17.2 Å². The summed E-state index contributed by atoms with van der Waals surface area (Å²) in [4.78, 5) is 10.3. The van der Waals surface area contributed by atoms with E-state index in [1.54, 1.807) is 0 Å². The second kappa shape index (κ2) is 6.76. The van der Waals surface area contributed by atoms with Gasteiger partial charge in [0.1, 0.15) is 0 Å². The molecule has 5 nitrogen and oxygen atoms in total. The predicted octanol–water partition coefficient (Wildman–Crippen LogP) is 1.59. The first-order valence-electron chi connectivity index (χ1n) is 5.78. The third-order valence-corrected chi connectivity index (χ3v) is 4.49. The molecule has 1 N–H and O–H groups in total. The van der Waals surface area contributed by atoms with Gasteiger partial charge in [0, 0.05) is 13.5 Å². The molecule has 0 aliphatic rings. The van der Waals surface area contributed by atoms with Gasteiger partial charge >= 0.3 is 5.97 Å². The molecule has 0 amide bonds. The van der Waals surface area contributed by atoms with Crippen molar-refractivity contribution in [3.05, 3.63) is 29.8 Å². The molecule has 20 heavy (non-hydrogen) atoms. The summed E-state index contributed by atoms with van der Waals surface area (Å²) in [7, 11) is -2.86. The second-order valence-corrected chi connectivity index (χ2v) is 6.26. The van der Waals surface area contributed by atoms with Crippen molar-refractivity contribution in [2.45, 2.75) is 24.2 Å². The molecule has 112 valence electrons. The quantitative estimate of drug-likeness (QED) is 0.830. The number of carboxylic acid groups (broad SMARTS) is 1. The van der Waals surface area contributed by atoms with Gasteiger partial charge in [-0.15, -0.1) is 0 Å². The number of carbonyl (C=O) groups is 1. The maximum atomic E-state index is 12.2. The van der Waals surface area contributed by atoms with E-state index in [0.717, 1.165) is 7.05 Å². The van der Waals surface area contributed by atoms with Gasteiger partial charge in [-0.3, -0.25) is 4.79 Å². The summed E-state index contributed by atoms with van der Waals surface area (Å²) in [5.41, 5.74) is 0.669. The van der Waals surface area contributed by atoms with E-state index in [1.807, 2.05) is 0 Å². The van der Waals surface area contributed by atoms with Crippen molar-refractivity contribution < 1.29 is 27.1 Å². The standard InChI is InChI=1S/C12H15F2NO4S/c1-15(8-11(13)14)20(18,19)10-5-2-9(3-6-10)4-7-12(16)17/h2-3,5-6,11H,4,7-8H2,1H3,(H,16,17). The van der Waals surface area contributed by atoms with Crippen LogP contribution in [0.2, 0.25) is 0 Å². The molecule has 0 aliphatic heterocycles. The van der Waals surface area contributed by atoms with Crippen LogP contribution in [0.4, 0.5) is 8.78 Å². The molecule has 0 saturated carbocycles. The van der Waals surface area contributed by atoms with Crippen LogP contribution in [0.5, 0.6) is 0 Å². The van der Waals surface area contributed by atoms with E-state index in [4.69, 9.17) is 5.11 Å². The van der Waals surface area contributed by atoms with Crippen molar-refractivity contribution in [3.63, 3.8) is 0 Å². The molecule has 1 rings (SSSR count). The van der Waals surface area contributed by atoms with Gasteiger partial charge in [-0.2, -0.15) is 4.31 Å². The zero-order chi connectivity index (χ0) is 15.3. The number of aryl methyl sites for hydroxylation is 1. The van der Waals surface area contributed by atoms with Gasteiger partial charge in [0.25, 0.3) is 6.43 Å². The Bertz CT molecular complexity index is 557. The summed E-state index contributed by atoms with van der Waals surface area (Å²) in [5.74, 6) is -0.946. The van der Waals surface area contributed by atoms with E-state index in [2.05, 4.69) is 0 Å². The highest BCUT2D eigenvalue weighted by Gasteiger charge is 2.23. The highest BCUT2D eigenvalue weighted by atomic mass is 32.2. The van der Waals surface area contributed by atoms with Crippen LogP contribution in [0.15, 0.2) is 29.2 Å². The Morgan fingerprint density at radius 2 is 1.85 bits per heavy atom. The lowest BCUT2D eigenvalue weighted by Gasteiger charge is -2.16. The first kappa shape index (κ1) is 16.5. The molecule has 0 unspecified atom stereocenters. The Morgan fingerprint density at radius 1 is 1.30 bits per heavy atom. The number of rotatable bonds is 7. The summed E-state index contributed by atoms with van der Waals surface area (Å²) in [5, 5.41) is 8.54. The molecule has 1 aromatic rings. The lowest BCUT2D eigenvalue weighted by Crippen LogP contribution is -2.31. The molecule has 0 aromatic heterocycles. The fourth-order valence-electron chi connectivity index (χ4n) is 1.55. The third kappa shape index (κ3) is 4.53. The molecule has 0 fully saturated rings. The van der Waals surface area contributed by atoms with E-state index in [9.17, 15) is 22.0 Å². The van der Waals surface area contributed by atoms with Crippen molar-refractivity contribution in [2.24, 2.45) is 0 Å². The number of aliphatic carboxylic acids is 1. The topological polar surface area (TPSA) is 74.7 Å². The van der Waals surface area contributed by atoms with Crippen LogP contribution in [0, 0.1) is 0 Å². The average molecular weight is 307 g/mol. The van der Waals surface area contributed by atoms with E-state index in [0.29, 0.717) is 9.87 Å². The van der Waals surface area contributed by atoms with Crippen molar-refractivity contribution in [2.75, 3.05) is 13.6 Å². The summed E-state index contributed by atoms with van der Waals surface area (Å²) < 4.78 is 48.9. The van der Waals surface area contributed by atoms with Gasteiger partial charge in [-0.05, 0) is 24.1 Å². The molecular weight excluding hydrogens is 292 g/mol. The average Bonchev–Trinajstić information content (AvgIpc) is 2.36. The maximum Gasteiger partial charge on any atom is 0.303 e. The number of sulfonamides is 1. The van der Waals surface area contributed by atoms with Crippen LogP contribution in [0.1, 0.15) is 12.0 Å².